The first-order valence-corrected chi connectivity index (χ1v) is 8.67. The van der Waals surface area contributed by atoms with Crippen molar-refractivity contribution in [2.24, 2.45) is 12.8 Å². The van der Waals surface area contributed by atoms with Gasteiger partial charge in [0, 0.05) is 24.6 Å². The van der Waals surface area contributed by atoms with Crippen LogP contribution in [0.25, 0.3) is 17.1 Å². The molecule has 0 spiro atoms. The van der Waals surface area contributed by atoms with Crippen LogP contribution in [0.4, 0.5) is 0 Å². The summed E-state index contributed by atoms with van der Waals surface area (Å²) in [7, 11) is 3.02. The zero-order chi connectivity index (χ0) is 20.3. The number of nitrogens with two attached hydrogens (primary N) is 1. The number of esters is 1. The number of methoxy groups -OCH3 is 1. The zero-order valence-corrected chi connectivity index (χ0v) is 16.9. The van der Waals surface area contributed by atoms with Crippen molar-refractivity contribution < 1.29 is 9.53 Å². The van der Waals surface area contributed by atoms with Crippen LogP contribution in [0.1, 0.15) is 17.5 Å². The van der Waals surface area contributed by atoms with E-state index in [0.29, 0.717) is 29.9 Å². The molecule has 0 bridgehead atoms. The van der Waals surface area contributed by atoms with E-state index in [0.717, 1.165) is 11.1 Å². The Hall–Kier alpha value is -3.39. The summed E-state index contributed by atoms with van der Waals surface area (Å²) in [4.78, 5) is 23.9. The number of halogens is 1. The van der Waals surface area contributed by atoms with Crippen LogP contribution >= 0.6 is 12.4 Å². The predicted octanol–water partition coefficient (Wildman–Crippen LogP) is 2.05. The highest BCUT2D eigenvalue weighted by atomic mass is 35.5. The summed E-state index contributed by atoms with van der Waals surface area (Å²) in [6.07, 6.45) is 0.873. The van der Waals surface area contributed by atoms with E-state index in [1.54, 1.807) is 43.4 Å². The molecule has 0 saturated heterocycles. The van der Waals surface area contributed by atoms with E-state index in [2.05, 4.69) is 9.84 Å². The summed E-state index contributed by atoms with van der Waals surface area (Å²) < 4.78 is 7.44. The fourth-order valence-corrected chi connectivity index (χ4v) is 2.81. The lowest BCUT2D eigenvalue weighted by atomic mass is 10.1. The summed E-state index contributed by atoms with van der Waals surface area (Å²) in [6, 6.07) is 14.3. The number of rotatable bonds is 6. The SMILES string of the molecule is COC(=O)CCc1ccc(-n2nc(-c3ccc(C(=N)N)cc3)n(C)c2=O)cc1.Cl. The molecule has 0 atom stereocenters. The first-order valence-electron chi connectivity index (χ1n) is 8.67. The summed E-state index contributed by atoms with van der Waals surface area (Å²) in [6.45, 7) is 0. The molecule has 1 aromatic heterocycles. The van der Waals surface area contributed by atoms with Crippen LogP contribution in [0.3, 0.4) is 0 Å². The van der Waals surface area contributed by atoms with Crippen molar-refractivity contribution in [3.63, 3.8) is 0 Å². The predicted molar refractivity (Wildman–Crippen MR) is 113 cm³/mol. The van der Waals surface area contributed by atoms with E-state index in [9.17, 15) is 9.59 Å². The van der Waals surface area contributed by atoms with E-state index in [-0.39, 0.29) is 29.9 Å². The lowest BCUT2D eigenvalue weighted by molar-refractivity contribution is -0.140. The largest absolute Gasteiger partial charge is 0.469 e. The molecule has 9 heteroatoms. The zero-order valence-electron chi connectivity index (χ0n) is 16.1. The molecule has 3 N–H and O–H groups in total. The highest BCUT2D eigenvalue weighted by Gasteiger charge is 2.14. The van der Waals surface area contributed by atoms with E-state index in [4.69, 9.17) is 11.1 Å². The van der Waals surface area contributed by atoms with Crippen molar-refractivity contribution in [3.05, 3.63) is 70.1 Å². The number of ether oxygens (including phenoxy) is 1. The topological polar surface area (TPSA) is 116 Å². The van der Waals surface area contributed by atoms with Crippen LogP contribution in [-0.4, -0.2) is 33.3 Å². The summed E-state index contributed by atoms with van der Waals surface area (Å²) in [5.41, 5.74) is 8.17. The Morgan fingerprint density at radius 2 is 1.76 bits per heavy atom. The summed E-state index contributed by atoms with van der Waals surface area (Å²) in [5.74, 6) is 0.235. The second kappa shape index (κ2) is 9.20. The number of nitrogen functional groups attached to an aromatic ring is 1. The molecule has 0 aliphatic carbocycles. The monoisotopic (exact) mass is 415 g/mol. The minimum atomic E-state index is -0.270. The van der Waals surface area contributed by atoms with Gasteiger partial charge in [-0.1, -0.05) is 36.4 Å². The van der Waals surface area contributed by atoms with E-state index in [1.165, 1.54) is 16.4 Å². The van der Waals surface area contributed by atoms with Gasteiger partial charge in [-0.2, -0.15) is 4.68 Å². The molecule has 152 valence electrons. The molecule has 1 heterocycles. The normalized spacial score (nSPS) is 10.3. The number of carbonyl (C=O) groups is 1. The average Bonchev–Trinajstić information content (AvgIpc) is 3.01. The number of hydrogen-bond donors (Lipinski definition) is 2. The standard InChI is InChI=1S/C20H21N5O3.ClH/c1-24-19(15-8-6-14(7-9-15)18(21)22)23-25(20(24)27)16-10-3-13(4-11-16)5-12-17(26)28-2;/h3-4,6-11H,5,12H2,1-2H3,(H3,21,22);1H. The van der Waals surface area contributed by atoms with Gasteiger partial charge in [0.05, 0.1) is 12.8 Å². The van der Waals surface area contributed by atoms with Crippen molar-refractivity contribution >= 4 is 24.2 Å². The fourth-order valence-electron chi connectivity index (χ4n) is 2.81. The number of amidine groups is 1. The number of carbonyl (C=O) groups excluding carboxylic acids is 1. The molecule has 3 rings (SSSR count). The van der Waals surface area contributed by atoms with Crippen molar-refractivity contribution in [1.82, 2.24) is 14.3 Å². The third kappa shape index (κ3) is 4.72. The molecule has 0 aliphatic heterocycles. The smallest absolute Gasteiger partial charge is 0.350 e. The summed E-state index contributed by atoms with van der Waals surface area (Å²) >= 11 is 0. The van der Waals surface area contributed by atoms with Crippen LogP contribution < -0.4 is 11.4 Å². The minimum Gasteiger partial charge on any atom is -0.469 e. The number of hydrogen-bond acceptors (Lipinski definition) is 5. The van der Waals surface area contributed by atoms with Gasteiger partial charge in [0.15, 0.2) is 5.82 Å². The van der Waals surface area contributed by atoms with Crippen LogP contribution in [0.2, 0.25) is 0 Å². The Labute approximate surface area is 173 Å². The molecule has 8 nitrogen and oxygen atoms in total. The maximum absolute atomic E-state index is 12.6. The van der Waals surface area contributed by atoms with Crippen LogP contribution in [0.15, 0.2) is 53.3 Å². The van der Waals surface area contributed by atoms with Crippen LogP contribution in [0, 0.1) is 5.41 Å². The first-order chi connectivity index (χ1) is 13.4. The summed E-state index contributed by atoms with van der Waals surface area (Å²) in [5, 5.41) is 11.9. The third-order valence-electron chi connectivity index (χ3n) is 4.46. The average molecular weight is 416 g/mol. The van der Waals surface area contributed by atoms with Crippen LogP contribution in [-0.2, 0) is 23.0 Å². The Morgan fingerprint density at radius 1 is 1.14 bits per heavy atom. The van der Waals surface area contributed by atoms with Gasteiger partial charge in [0.2, 0.25) is 0 Å². The Kier molecular flexibility index (Phi) is 6.95. The third-order valence-corrected chi connectivity index (χ3v) is 4.46. The van der Waals surface area contributed by atoms with E-state index >= 15 is 0 Å². The van der Waals surface area contributed by atoms with Gasteiger partial charge >= 0.3 is 11.7 Å². The molecule has 29 heavy (non-hydrogen) atoms. The van der Waals surface area contributed by atoms with Gasteiger partial charge in [-0.3, -0.25) is 14.8 Å². The first kappa shape index (κ1) is 21.9. The highest BCUT2D eigenvalue weighted by molar-refractivity contribution is 5.95. The van der Waals surface area contributed by atoms with Gasteiger partial charge in [-0.15, -0.1) is 17.5 Å². The molecular formula is C20H22ClN5O3. The van der Waals surface area contributed by atoms with Gasteiger partial charge in [0.1, 0.15) is 5.84 Å². The molecule has 0 radical (unpaired) electrons. The number of benzene rings is 2. The maximum Gasteiger partial charge on any atom is 0.350 e. The molecule has 0 fully saturated rings. The van der Waals surface area contributed by atoms with Crippen molar-refractivity contribution in [2.75, 3.05) is 7.11 Å². The second-order valence-corrected chi connectivity index (χ2v) is 6.31. The molecular weight excluding hydrogens is 394 g/mol. The Morgan fingerprint density at radius 3 is 2.31 bits per heavy atom. The molecule has 0 aliphatic rings. The Balaban J connectivity index is 0.00000300. The molecule has 2 aromatic carbocycles. The quantitative estimate of drug-likeness (QED) is 0.363. The lowest BCUT2D eigenvalue weighted by Crippen LogP contribution is -2.21. The number of aromatic nitrogens is 3. The highest BCUT2D eigenvalue weighted by Crippen LogP contribution is 2.17. The van der Waals surface area contributed by atoms with Gasteiger partial charge in [-0.25, -0.2) is 4.79 Å². The maximum atomic E-state index is 12.6. The minimum absolute atomic E-state index is 0. The van der Waals surface area contributed by atoms with Crippen LogP contribution in [0.5, 0.6) is 0 Å². The molecule has 0 saturated carbocycles. The van der Waals surface area contributed by atoms with Crippen molar-refractivity contribution in [1.29, 1.82) is 5.41 Å². The Bertz CT molecular complexity index is 1070. The van der Waals surface area contributed by atoms with Gasteiger partial charge in [0.25, 0.3) is 0 Å². The van der Waals surface area contributed by atoms with Crippen molar-refractivity contribution in [3.8, 4) is 17.1 Å². The van der Waals surface area contributed by atoms with Crippen molar-refractivity contribution in [2.45, 2.75) is 12.8 Å². The second-order valence-electron chi connectivity index (χ2n) is 6.31. The lowest BCUT2D eigenvalue weighted by Gasteiger charge is -2.03. The fraction of sp³-hybridized carbons (Fsp3) is 0.200. The van der Waals surface area contributed by atoms with Gasteiger partial charge in [-0.05, 0) is 24.1 Å². The number of aryl methyl sites for hydroxylation is 1. The molecule has 3 aromatic rings. The number of nitrogens with one attached hydrogen (secondary N) is 1. The molecule has 0 amide bonds. The van der Waals surface area contributed by atoms with E-state index < -0.39 is 0 Å². The van der Waals surface area contributed by atoms with E-state index in [1.807, 2.05) is 12.1 Å². The number of nitrogens with zero attached hydrogens (tertiary/aromatic N) is 3. The molecule has 0 unspecified atom stereocenters. The van der Waals surface area contributed by atoms with Gasteiger partial charge < -0.3 is 10.5 Å².